The van der Waals surface area contributed by atoms with Crippen LogP contribution < -0.4 is 10.5 Å². The van der Waals surface area contributed by atoms with Crippen LogP contribution in [0, 0.1) is 0 Å². The zero-order valence-electron chi connectivity index (χ0n) is 11.8. The first-order valence-corrected chi connectivity index (χ1v) is 6.57. The molecule has 21 heavy (non-hydrogen) atoms. The number of nitrogens with two attached hydrogens (primary N) is 1. The number of carbonyl (C=O) groups excluding carboxylic acids is 1. The second-order valence-corrected chi connectivity index (χ2v) is 5.67. The third-order valence-corrected chi connectivity index (χ3v) is 3.63. The fourth-order valence-corrected chi connectivity index (χ4v) is 2.54. The summed E-state index contributed by atoms with van der Waals surface area (Å²) in [4.78, 5) is 14.1. The van der Waals surface area contributed by atoms with Crippen LogP contribution in [0.5, 0.6) is 5.75 Å². The molecule has 0 unspecified atom stereocenters. The number of benzene rings is 1. The first kappa shape index (κ1) is 15.5. The van der Waals surface area contributed by atoms with Crippen LogP contribution in [-0.2, 0) is 0 Å². The normalized spacial score (nSPS) is 17.9. The molecule has 1 aromatic rings. The molecule has 0 radical (unpaired) electrons. The van der Waals surface area contributed by atoms with Gasteiger partial charge in [0.25, 0.3) is 5.91 Å². The number of nitrogen functional groups attached to an aromatic ring is 1. The maximum absolute atomic E-state index is 12.4. The van der Waals surface area contributed by atoms with E-state index >= 15 is 0 Å². The second kappa shape index (κ2) is 5.13. The summed E-state index contributed by atoms with van der Waals surface area (Å²) in [5, 5.41) is 0. The van der Waals surface area contributed by atoms with Gasteiger partial charge in [-0.15, -0.1) is 13.2 Å². The Morgan fingerprint density at radius 1 is 1.38 bits per heavy atom. The van der Waals surface area contributed by atoms with E-state index in [0.29, 0.717) is 6.54 Å². The summed E-state index contributed by atoms with van der Waals surface area (Å²) in [5.74, 6) is -0.734. The molecule has 7 heteroatoms. The SMILES string of the molecule is CC1(C)CCCN1C(=O)c1ccc(OC(F)(F)F)c(N)c1. The average Bonchev–Trinajstić information content (AvgIpc) is 2.69. The molecule has 1 fully saturated rings. The van der Waals surface area contributed by atoms with Crippen molar-refractivity contribution in [2.75, 3.05) is 12.3 Å². The molecule has 0 aliphatic carbocycles. The summed E-state index contributed by atoms with van der Waals surface area (Å²) in [6.45, 7) is 4.55. The zero-order chi connectivity index (χ0) is 15.8. The van der Waals surface area contributed by atoms with Crippen molar-refractivity contribution in [3.8, 4) is 5.75 Å². The number of alkyl halides is 3. The van der Waals surface area contributed by atoms with Crippen LogP contribution >= 0.6 is 0 Å². The van der Waals surface area contributed by atoms with Gasteiger partial charge in [0.2, 0.25) is 0 Å². The zero-order valence-corrected chi connectivity index (χ0v) is 11.8. The number of rotatable bonds is 2. The number of halogens is 3. The Labute approximate surface area is 120 Å². The molecule has 1 aliphatic heterocycles. The Morgan fingerprint density at radius 3 is 2.52 bits per heavy atom. The van der Waals surface area contributed by atoms with Gasteiger partial charge in [-0.3, -0.25) is 4.79 Å². The van der Waals surface area contributed by atoms with Crippen molar-refractivity contribution in [3.05, 3.63) is 23.8 Å². The van der Waals surface area contributed by atoms with E-state index in [2.05, 4.69) is 4.74 Å². The molecule has 1 aliphatic rings. The van der Waals surface area contributed by atoms with Gasteiger partial charge in [-0.2, -0.15) is 0 Å². The first-order chi connectivity index (χ1) is 9.60. The molecule has 1 aromatic carbocycles. The Hall–Kier alpha value is -1.92. The lowest BCUT2D eigenvalue weighted by Gasteiger charge is -2.31. The second-order valence-electron chi connectivity index (χ2n) is 5.67. The van der Waals surface area contributed by atoms with Gasteiger partial charge in [-0.05, 0) is 44.9 Å². The van der Waals surface area contributed by atoms with Crippen LogP contribution in [0.4, 0.5) is 18.9 Å². The Bertz CT molecular complexity index is 556. The van der Waals surface area contributed by atoms with Crippen molar-refractivity contribution >= 4 is 11.6 Å². The van der Waals surface area contributed by atoms with Crippen LogP contribution in [0.3, 0.4) is 0 Å². The van der Waals surface area contributed by atoms with Gasteiger partial charge in [0.05, 0.1) is 5.69 Å². The molecule has 116 valence electrons. The maximum Gasteiger partial charge on any atom is 0.573 e. The van der Waals surface area contributed by atoms with Gasteiger partial charge in [0, 0.05) is 17.6 Å². The van der Waals surface area contributed by atoms with E-state index in [1.165, 1.54) is 12.1 Å². The Morgan fingerprint density at radius 2 is 2.05 bits per heavy atom. The van der Waals surface area contributed by atoms with E-state index in [0.717, 1.165) is 18.9 Å². The summed E-state index contributed by atoms with van der Waals surface area (Å²) in [6.07, 6.45) is -3.01. The van der Waals surface area contributed by atoms with Crippen molar-refractivity contribution in [2.24, 2.45) is 0 Å². The fraction of sp³-hybridized carbons (Fsp3) is 0.500. The number of carbonyl (C=O) groups is 1. The van der Waals surface area contributed by atoms with E-state index in [-0.39, 0.29) is 22.7 Å². The molecule has 1 saturated heterocycles. The lowest BCUT2D eigenvalue weighted by atomic mass is 10.0. The smallest absolute Gasteiger partial charge is 0.404 e. The van der Waals surface area contributed by atoms with Crippen LogP contribution in [-0.4, -0.2) is 29.3 Å². The van der Waals surface area contributed by atoms with Gasteiger partial charge < -0.3 is 15.4 Å². The highest BCUT2D eigenvalue weighted by Crippen LogP contribution is 2.32. The van der Waals surface area contributed by atoms with Crippen LogP contribution in [0.1, 0.15) is 37.0 Å². The van der Waals surface area contributed by atoms with Crippen molar-refractivity contribution in [3.63, 3.8) is 0 Å². The van der Waals surface area contributed by atoms with Gasteiger partial charge in [0.1, 0.15) is 0 Å². The monoisotopic (exact) mass is 302 g/mol. The van der Waals surface area contributed by atoms with Gasteiger partial charge in [-0.25, -0.2) is 0 Å². The quantitative estimate of drug-likeness (QED) is 0.854. The van der Waals surface area contributed by atoms with E-state index in [1.54, 1.807) is 4.90 Å². The van der Waals surface area contributed by atoms with Gasteiger partial charge in [-0.1, -0.05) is 0 Å². The lowest BCUT2D eigenvalue weighted by molar-refractivity contribution is -0.274. The number of anilines is 1. The van der Waals surface area contributed by atoms with Crippen LogP contribution in [0.25, 0.3) is 0 Å². The summed E-state index contributed by atoms with van der Waals surface area (Å²) in [6, 6.07) is 3.59. The fourth-order valence-electron chi connectivity index (χ4n) is 2.54. The van der Waals surface area contributed by atoms with Crippen molar-refractivity contribution in [1.29, 1.82) is 0 Å². The minimum atomic E-state index is -4.81. The van der Waals surface area contributed by atoms with Crippen molar-refractivity contribution in [2.45, 2.75) is 38.6 Å². The lowest BCUT2D eigenvalue weighted by Crippen LogP contribution is -2.42. The topological polar surface area (TPSA) is 55.6 Å². The van der Waals surface area contributed by atoms with E-state index in [9.17, 15) is 18.0 Å². The molecule has 2 rings (SSSR count). The molecule has 1 amide bonds. The van der Waals surface area contributed by atoms with Crippen LogP contribution in [0.2, 0.25) is 0 Å². The first-order valence-electron chi connectivity index (χ1n) is 6.57. The van der Waals surface area contributed by atoms with Crippen molar-refractivity contribution in [1.82, 2.24) is 4.90 Å². The predicted molar refractivity (Wildman–Crippen MR) is 71.9 cm³/mol. The predicted octanol–water partition coefficient (Wildman–Crippen LogP) is 3.18. The minimum absolute atomic E-state index is 0.213. The number of nitrogens with zero attached hydrogens (tertiary/aromatic N) is 1. The van der Waals surface area contributed by atoms with E-state index in [1.807, 2.05) is 13.8 Å². The molecule has 0 aromatic heterocycles. The van der Waals surface area contributed by atoms with Gasteiger partial charge >= 0.3 is 6.36 Å². The molecule has 4 nitrogen and oxygen atoms in total. The largest absolute Gasteiger partial charge is 0.573 e. The van der Waals surface area contributed by atoms with E-state index in [4.69, 9.17) is 5.73 Å². The van der Waals surface area contributed by atoms with Crippen molar-refractivity contribution < 1.29 is 22.7 Å². The summed E-state index contributed by atoms with van der Waals surface area (Å²) >= 11 is 0. The van der Waals surface area contributed by atoms with Gasteiger partial charge in [0.15, 0.2) is 5.75 Å². The molecular formula is C14H17F3N2O2. The minimum Gasteiger partial charge on any atom is -0.404 e. The molecular weight excluding hydrogens is 285 g/mol. The number of hydrogen-bond donors (Lipinski definition) is 1. The third kappa shape index (κ3) is 3.40. The Kier molecular flexibility index (Phi) is 3.78. The molecule has 0 bridgehead atoms. The summed E-state index contributed by atoms with van der Waals surface area (Å²) < 4.78 is 40.3. The highest BCUT2D eigenvalue weighted by Gasteiger charge is 2.36. The summed E-state index contributed by atoms with van der Waals surface area (Å²) in [5.41, 5.74) is 5.33. The summed E-state index contributed by atoms with van der Waals surface area (Å²) in [7, 11) is 0. The van der Waals surface area contributed by atoms with E-state index < -0.39 is 12.1 Å². The Balaban J connectivity index is 2.22. The molecule has 0 atom stereocenters. The third-order valence-electron chi connectivity index (χ3n) is 3.63. The molecule has 2 N–H and O–H groups in total. The molecule has 1 heterocycles. The maximum atomic E-state index is 12.4. The number of hydrogen-bond acceptors (Lipinski definition) is 3. The average molecular weight is 302 g/mol. The molecule has 0 spiro atoms. The molecule has 0 saturated carbocycles. The van der Waals surface area contributed by atoms with Crippen LogP contribution in [0.15, 0.2) is 18.2 Å². The number of amides is 1. The number of ether oxygens (including phenoxy) is 1. The highest BCUT2D eigenvalue weighted by atomic mass is 19.4. The highest BCUT2D eigenvalue weighted by molar-refractivity contribution is 5.96. The number of likely N-dealkylation sites (tertiary alicyclic amines) is 1. The standard InChI is InChI=1S/C14H17F3N2O2/c1-13(2)6-3-7-19(13)12(20)9-4-5-11(10(18)8-9)21-14(15,16)17/h4-5,8H,3,6-7,18H2,1-2H3.